The van der Waals surface area contributed by atoms with Crippen LogP contribution in [0.3, 0.4) is 0 Å². The Morgan fingerprint density at radius 2 is 1.76 bits per heavy atom. The van der Waals surface area contributed by atoms with Crippen LogP contribution in [-0.4, -0.2) is 63.8 Å². The lowest BCUT2D eigenvalue weighted by molar-refractivity contribution is -0.130. The molecule has 0 aliphatic carbocycles. The number of hydrogen-bond acceptors (Lipinski definition) is 6. The fraction of sp³-hybridized carbons (Fsp3) is 0.375. The van der Waals surface area contributed by atoms with Gasteiger partial charge in [0.15, 0.2) is 20.8 Å². The maximum Gasteiger partial charge on any atom is 0.233 e. The summed E-state index contributed by atoms with van der Waals surface area (Å²) in [6.07, 6.45) is 0.504. The molecule has 2 aromatic carbocycles. The Balaban J connectivity index is 1.58. The van der Waals surface area contributed by atoms with E-state index in [1.165, 1.54) is 11.8 Å². The second-order valence-electron chi connectivity index (χ2n) is 8.63. The number of hydrogen-bond donors (Lipinski definition) is 0. The number of rotatable bonds is 8. The third-order valence-electron chi connectivity index (χ3n) is 5.54. The van der Waals surface area contributed by atoms with E-state index in [1.54, 1.807) is 4.90 Å². The van der Waals surface area contributed by atoms with Gasteiger partial charge >= 0.3 is 0 Å². The number of thioether (sulfide) groups is 1. The highest BCUT2D eigenvalue weighted by Gasteiger charge is 2.35. The number of nitrogens with zero attached hydrogens (tertiary/aromatic N) is 4. The van der Waals surface area contributed by atoms with Crippen LogP contribution in [0.1, 0.15) is 20.3 Å². The van der Waals surface area contributed by atoms with Crippen LogP contribution in [0.15, 0.2) is 65.8 Å². The molecule has 1 atom stereocenters. The molecule has 4 rings (SSSR count). The normalized spacial score (nSPS) is 17.4. The lowest BCUT2D eigenvalue weighted by Crippen LogP contribution is -2.44. The van der Waals surface area contributed by atoms with Crippen LogP contribution in [-0.2, 0) is 14.6 Å². The summed E-state index contributed by atoms with van der Waals surface area (Å²) in [6.45, 7) is 4.62. The van der Waals surface area contributed by atoms with Gasteiger partial charge < -0.3 is 4.90 Å². The summed E-state index contributed by atoms with van der Waals surface area (Å²) >= 11 is 1.33. The van der Waals surface area contributed by atoms with Gasteiger partial charge in [0.2, 0.25) is 5.91 Å². The fourth-order valence-electron chi connectivity index (χ4n) is 4.03. The lowest BCUT2D eigenvalue weighted by atomic mass is 10.1. The summed E-state index contributed by atoms with van der Waals surface area (Å²) < 4.78 is 26.0. The topological polar surface area (TPSA) is 85.2 Å². The highest BCUT2D eigenvalue weighted by molar-refractivity contribution is 7.99. The van der Waals surface area contributed by atoms with Crippen LogP contribution in [0.25, 0.3) is 17.1 Å². The van der Waals surface area contributed by atoms with Gasteiger partial charge in [0.1, 0.15) is 0 Å². The third kappa shape index (κ3) is 5.65. The molecule has 1 amide bonds. The van der Waals surface area contributed by atoms with Gasteiger partial charge in [-0.15, -0.1) is 10.2 Å². The first-order valence-corrected chi connectivity index (χ1v) is 13.8. The van der Waals surface area contributed by atoms with E-state index >= 15 is 0 Å². The van der Waals surface area contributed by atoms with Gasteiger partial charge in [-0.05, 0) is 24.5 Å². The minimum atomic E-state index is -3.07. The fourth-order valence-corrected chi connectivity index (χ4v) is 6.59. The predicted octanol–water partition coefficient (Wildman–Crippen LogP) is 3.70. The maximum absolute atomic E-state index is 13.2. The Bertz CT molecular complexity index is 1190. The van der Waals surface area contributed by atoms with E-state index < -0.39 is 9.84 Å². The van der Waals surface area contributed by atoms with E-state index in [9.17, 15) is 13.2 Å². The average Bonchev–Trinajstić information content (AvgIpc) is 3.39. The summed E-state index contributed by atoms with van der Waals surface area (Å²) in [6, 6.07) is 19.4. The number of carbonyl (C=O) groups is 1. The summed E-state index contributed by atoms with van der Waals surface area (Å²) in [5.41, 5.74) is 1.85. The van der Waals surface area contributed by atoms with Crippen LogP contribution in [0.5, 0.6) is 0 Å². The summed E-state index contributed by atoms with van der Waals surface area (Å²) in [7, 11) is -3.07. The van der Waals surface area contributed by atoms with Crippen molar-refractivity contribution in [2.45, 2.75) is 31.5 Å². The Hall–Kier alpha value is -2.65. The monoisotopic (exact) mass is 484 g/mol. The van der Waals surface area contributed by atoms with E-state index in [1.807, 2.05) is 79.1 Å². The lowest BCUT2D eigenvalue weighted by Gasteiger charge is -2.29. The molecular weight excluding hydrogens is 456 g/mol. The van der Waals surface area contributed by atoms with Crippen molar-refractivity contribution in [1.82, 2.24) is 19.7 Å². The van der Waals surface area contributed by atoms with E-state index in [2.05, 4.69) is 10.2 Å². The van der Waals surface area contributed by atoms with Gasteiger partial charge in [-0.2, -0.15) is 0 Å². The molecule has 0 spiro atoms. The Labute approximate surface area is 199 Å². The Morgan fingerprint density at radius 3 is 2.36 bits per heavy atom. The zero-order chi connectivity index (χ0) is 23.4. The molecule has 1 aromatic heterocycles. The Kier molecular flexibility index (Phi) is 7.19. The summed E-state index contributed by atoms with van der Waals surface area (Å²) in [5.74, 6) is 1.25. The molecule has 1 fully saturated rings. The van der Waals surface area contributed by atoms with Crippen molar-refractivity contribution in [2.24, 2.45) is 5.92 Å². The van der Waals surface area contributed by atoms with Gasteiger partial charge in [-0.25, -0.2) is 8.42 Å². The van der Waals surface area contributed by atoms with Crippen LogP contribution >= 0.6 is 11.8 Å². The minimum Gasteiger partial charge on any atom is -0.338 e. The van der Waals surface area contributed by atoms with E-state index in [0.717, 1.165) is 11.3 Å². The molecule has 1 aliphatic heterocycles. The van der Waals surface area contributed by atoms with Crippen molar-refractivity contribution < 1.29 is 13.2 Å². The van der Waals surface area contributed by atoms with Crippen molar-refractivity contribution in [3.05, 3.63) is 60.7 Å². The maximum atomic E-state index is 13.2. The molecule has 174 valence electrons. The zero-order valence-electron chi connectivity index (χ0n) is 18.8. The van der Waals surface area contributed by atoms with Crippen LogP contribution < -0.4 is 0 Å². The van der Waals surface area contributed by atoms with Crippen LogP contribution in [0, 0.1) is 5.92 Å². The van der Waals surface area contributed by atoms with E-state index in [0.29, 0.717) is 23.9 Å². The molecule has 0 radical (unpaired) electrons. The highest BCUT2D eigenvalue weighted by Crippen LogP contribution is 2.28. The first kappa shape index (κ1) is 23.5. The van der Waals surface area contributed by atoms with Crippen LogP contribution in [0.4, 0.5) is 0 Å². The number of sulfone groups is 1. The molecule has 1 unspecified atom stereocenters. The van der Waals surface area contributed by atoms with Crippen molar-refractivity contribution in [3.63, 3.8) is 0 Å². The number of aromatic nitrogens is 3. The molecule has 0 N–H and O–H groups in total. The molecule has 3 aromatic rings. The largest absolute Gasteiger partial charge is 0.338 e. The number of carbonyl (C=O) groups excluding carboxylic acids is 1. The third-order valence-corrected chi connectivity index (χ3v) is 8.20. The first-order valence-electron chi connectivity index (χ1n) is 11.0. The van der Waals surface area contributed by atoms with Gasteiger partial charge in [-0.1, -0.05) is 74.1 Å². The number of para-hydroxylation sites is 1. The van der Waals surface area contributed by atoms with Crippen molar-refractivity contribution in [1.29, 1.82) is 0 Å². The van der Waals surface area contributed by atoms with E-state index in [4.69, 9.17) is 0 Å². The van der Waals surface area contributed by atoms with E-state index in [-0.39, 0.29) is 35.1 Å². The molecule has 0 bridgehead atoms. The predicted molar refractivity (Wildman–Crippen MR) is 131 cm³/mol. The molecule has 2 heterocycles. The average molecular weight is 485 g/mol. The van der Waals surface area contributed by atoms with Gasteiger partial charge in [0, 0.05) is 23.8 Å². The summed E-state index contributed by atoms with van der Waals surface area (Å²) in [5, 5.41) is 9.43. The number of benzene rings is 2. The molecule has 7 nitrogen and oxygen atoms in total. The molecule has 33 heavy (non-hydrogen) atoms. The Morgan fingerprint density at radius 1 is 1.09 bits per heavy atom. The standard InChI is InChI=1S/C24H28N4O3S2/c1-18(2)15-27(21-13-14-33(30,31)17-21)22(29)16-32-24-26-25-23(19-9-5-3-6-10-19)28(24)20-11-7-4-8-12-20/h3-12,18,21H,13-17H2,1-2H3. The molecule has 9 heteroatoms. The van der Waals surface area contributed by atoms with Gasteiger partial charge in [0.25, 0.3) is 0 Å². The molecule has 1 aliphatic rings. The molecule has 1 saturated heterocycles. The van der Waals surface area contributed by atoms with Gasteiger partial charge in [0.05, 0.1) is 17.3 Å². The zero-order valence-corrected chi connectivity index (χ0v) is 20.4. The second-order valence-corrected chi connectivity index (χ2v) is 11.8. The van der Waals surface area contributed by atoms with Crippen molar-refractivity contribution in [2.75, 3.05) is 23.8 Å². The second kappa shape index (κ2) is 10.1. The van der Waals surface area contributed by atoms with Gasteiger partial charge in [-0.3, -0.25) is 9.36 Å². The highest BCUT2D eigenvalue weighted by atomic mass is 32.2. The first-order chi connectivity index (χ1) is 15.8. The van der Waals surface area contributed by atoms with Crippen molar-refractivity contribution in [3.8, 4) is 17.1 Å². The SMILES string of the molecule is CC(C)CN(C(=O)CSc1nnc(-c2ccccc2)n1-c1ccccc1)C1CCS(=O)(=O)C1. The molecule has 0 saturated carbocycles. The quantitative estimate of drug-likeness (QED) is 0.453. The van der Waals surface area contributed by atoms with Crippen molar-refractivity contribution >= 4 is 27.5 Å². The minimum absolute atomic E-state index is 0.0501. The smallest absolute Gasteiger partial charge is 0.233 e. The molecular formula is C24H28N4O3S2. The summed E-state index contributed by atoms with van der Waals surface area (Å²) in [4.78, 5) is 15.0. The van der Waals surface area contributed by atoms with Crippen LogP contribution in [0.2, 0.25) is 0 Å². The number of amides is 1.